The summed E-state index contributed by atoms with van der Waals surface area (Å²) in [5, 5.41) is 29.2. The Balaban J connectivity index is 2.41. The number of pyridine rings is 1. The molecule has 1 aromatic rings. The van der Waals surface area contributed by atoms with Gasteiger partial charge in [0.1, 0.15) is 5.15 Å². The Kier molecular flexibility index (Phi) is 6.32. The highest BCUT2D eigenvalue weighted by atomic mass is 35.5. The van der Waals surface area contributed by atoms with E-state index in [0.717, 1.165) is 0 Å². The van der Waals surface area contributed by atoms with Gasteiger partial charge in [-0.15, -0.1) is 0 Å². The Hall–Kier alpha value is -1.93. The first-order valence-electron chi connectivity index (χ1n) is 8.74. The van der Waals surface area contributed by atoms with Gasteiger partial charge in [0, 0.05) is 24.6 Å². The molecule has 2 rings (SSSR count). The van der Waals surface area contributed by atoms with Crippen LogP contribution in [0.5, 0.6) is 0 Å². The molecule has 9 heteroatoms. The molecule has 1 fully saturated rings. The minimum atomic E-state index is -1.36. The van der Waals surface area contributed by atoms with Crippen molar-refractivity contribution in [3.05, 3.63) is 28.3 Å². The van der Waals surface area contributed by atoms with Gasteiger partial charge in [-0.25, -0.2) is 14.2 Å². The van der Waals surface area contributed by atoms with Crippen LogP contribution in [-0.2, 0) is 11.2 Å². The number of likely N-dealkylation sites (tertiary alicyclic amines) is 1. The van der Waals surface area contributed by atoms with Crippen LogP contribution < -0.4 is 0 Å². The number of carbonyl (C=O) groups is 2. The smallest absolute Gasteiger partial charge is 0.407 e. The average Bonchev–Trinajstić information content (AvgIpc) is 2.56. The highest BCUT2D eigenvalue weighted by Gasteiger charge is 2.46. The molecule has 1 amide bonds. The third-order valence-electron chi connectivity index (χ3n) is 5.23. The van der Waals surface area contributed by atoms with E-state index in [-0.39, 0.29) is 48.1 Å². The monoisotopic (exact) mass is 402 g/mol. The summed E-state index contributed by atoms with van der Waals surface area (Å²) in [5.74, 6) is -2.17. The Morgan fingerprint density at radius 2 is 2.07 bits per heavy atom. The maximum absolute atomic E-state index is 15.0. The molecule has 1 aromatic heterocycles. The molecule has 2 unspecified atom stereocenters. The van der Waals surface area contributed by atoms with Crippen molar-refractivity contribution in [3.63, 3.8) is 0 Å². The minimum absolute atomic E-state index is 0.0171. The first kappa shape index (κ1) is 21.4. The normalized spacial score (nSPS) is 24.1. The van der Waals surface area contributed by atoms with Crippen molar-refractivity contribution in [2.45, 2.75) is 52.2 Å². The van der Waals surface area contributed by atoms with Crippen molar-refractivity contribution < 1.29 is 29.3 Å². The molecule has 7 nitrogen and oxygen atoms in total. The summed E-state index contributed by atoms with van der Waals surface area (Å²) in [6.07, 6.45) is -2.38. The van der Waals surface area contributed by atoms with Crippen molar-refractivity contribution >= 4 is 23.7 Å². The Morgan fingerprint density at radius 3 is 2.56 bits per heavy atom. The molecule has 0 aromatic carbocycles. The van der Waals surface area contributed by atoms with Gasteiger partial charge in [-0.05, 0) is 31.7 Å². The molecule has 0 saturated carbocycles. The molecule has 1 saturated heterocycles. The second-order valence-electron chi connectivity index (χ2n) is 7.53. The van der Waals surface area contributed by atoms with Gasteiger partial charge in [0.05, 0.1) is 17.2 Å². The average molecular weight is 403 g/mol. The van der Waals surface area contributed by atoms with E-state index >= 15 is 0 Å². The van der Waals surface area contributed by atoms with Gasteiger partial charge in [-0.2, -0.15) is 0 Å². The number of aliphatic hydroxyl groups excluding tert-OH is 1. The Labute approximate surface area is 161 Å². The van der Waals surface area contributed by atoms with E-state index in [1.54, 1.807) is 20.8 Å². The number of halogens is 2. The number of carboxylic acid groups (broad SMARTS) is 2. The summed E-state index contributed by atoms with van der Waals surface area (Å²) in [4.78, 5) is 28.4. The Bertz CT molecular complexity index is 745. The predicted octanol–water partition coefficient (Wildman–Crippen LogP) is 3.34. The van der Waals surface area contributed by atoms with Gasteiger partial charge in [0.2, 0.25) is 0 Å². The largest absolute Gasteiger partial charge is 0.481 e. The second-order valence-corrected chi connectivity index (χ2v) is 7.91. The minimum Gasteiger partial charge on any atom is -0.481 e. The summed E-state index contributed by atoms with van der Waals surface area (Å²) in [6, 6.07) is 0.712. The van der Waals surface area contributed by atoms with Gasteiger partial charge in [0.25, 0.3) is 0 Å². The van der Waals surface area contributed by atoms with Crippen LogP contribution in [0.2, 0.25) is 5.15 Å². The summed E-state index contributed by atoms with van der Waals surface area (Å²) in [7, 11) is 0. The van der Waals surface area contributed by atoms with Crippen molar-refractivity contribution in [1.82, 2.24) is 9.88 Å². The topological polar surface area (TPSA) is 111 Å². The molecule has 0 aliphatic carbocycles. The van der Waals surface area contributed by atoms with Crippen LogP contribution in [0.4, 0.5) is 9.18 Å². The highest BCUT2D eigenvalue weighted by Crippen LogP contribution is 2.40. The van der Waals surface area contributed by atoms with Crippen molar-refractivity contribution in [2.24, 2.45) is 11.3 Å². The third kappa shape index (κ3) is 4.32. The lowest BCUT2D eigenvalue weighted by Gasteiger charge is -2.42. The molecule has 150 valence electrons. The van der Waals surface area contributed by atoms with E-state index in [9.17, 15) is 29.3 Å². The van der Waals surface area contributed by atoms with Crippen LogP contribution in [-0.4, -0.2) is 49.9 Å². The fraction of sp³-hybridized carbons (Fsp3) is 0.611. The van der Waals surface area contributed by atoms with Crippen LogP contribution >= 0.6 is 11.6 Å². The summed E-state index contributed by atoms with van der Waals surface area (Å²) >= 11 is 5.98. The van der Waals surface area contributed by atoms with Gasteiger partial charge in [-0.1, -0.05) is 25.4 Å². The molecule has 1 aliphatic rings. The maximum Gasteiger partial charge on any atom is 0.407 e. The standard InChI is InChI=1S/C18H24ClFN2O5/c1-9(2)15(23)11-6-13(19)21-12(14(11)20)8-18(16(24)25)4-5-22(17(26)27)10(3)7-18/h6,9-10,15,23H,4-5,7-8H2,1-3H3,(H,24,25)(H,26,27)/t10-,15?,18?/m1/s1. The lowest BCUT2D eigenvalue weighted by molar-refractivity contribution is -0.153. The predicted molar refractivity (Wildman–Crippen MR) is 96.2 cm³/mol. The number of aliphatic carboxylic acids is 1. The number of hydrogen-bond donors (Lipinski definition) is 3. The zero-order chi connectivity index (χ0) is 20.5. The fourth-order valence-electron chi connectivity index (χ4n) is 3.63. The number of piperidine rings is 1. The van der Waals surface area contributed by atoms with Crippen LogP contribution in [0.15, 0.2) is 6.07 Å². The van der Waals surface area contributed by atoms with Crippen LogP contribution in [0.3, 0.4) is 0 Å². The highest BCUT2D eigenvalue weighted by molar-refractivity contribution is 6.29. The van der Waals surface area contributed by atoms with E-state index < -0.39 is 35.4 Å². The van der Waals surface area contributed by atoms with Gasteiger partial charge in [0.15, 0.2) is 5.82 Å². The summed E-state index contributed by atoms with van der Waals surface area (Å²) < 4.78 is 15.0. The zero-order valence-corrected chi connectivity index (χ0v) is 16.2. The molecule has 1 aliphatic heterocycles. The number of amides is 1. The van der Waals surface area contributed by atoms with Gasteiger partial charge < -0.3 is 20.2 Å². The lowest BCUT2D eigenvalue weighted by atomic mass is 9.72. The molecule has 0 spiro atoms. The van der Waals surface area contributed by atoms with E-state index in [2.05, 4.69) is 4.98 Å². The SMILES string of the molecule is CC(C)C(O)c1cc(Cl)nc(CC2(C(=O)O)CCN(C(=O)O)[C@H](C)C2)c1F. The number of hydrogen-bond acceptors (Lipinski definition) is 4. The summed E-state index contributed by atoms with van der Waals surface area (Å²) in [6.45, 7) is 5.10. The van der Waals surface area contributed by atoms with E-state index in [1.165, 1.54) is 11.0 Å². The molecule has 0 bridgehead atoms. The fourth-order valence-corrected chi connectivity index (χ4v) is 3.85. The molecular weight excluding hydrogens is 379 g/mol. The molecule has 3 atom stereocenters. The number of carboxylic acids is 1. The number of aromatic nitrogens is 1. The van der Waals surface area contributed by atoms with Crippen molar-refractivity contribution in [1.29, 1.82) is 0 Å². The third-order valence-corrected chi connectivity index (χ3v) is 5.42. The molecular formula is C18H24ClFN2O5. The van der Waals surface area contributed by atoms with E-state index in [4.69, 9.17) is 11.6 Å². The van der Waals surface area contributed by atoms with Crippen molar-refractivity contribution in [2.75, 3.05) is 6.54 Å². The Morgan fingerprint density at radius 1 is 1.44 bits per heavy atom. The lowest BCUT2D eigenvalue weighted by Crippen LogP contribution is -2.51. The van der Waals surface area contributed by atoms with Crippen LogP contribution in [0, 0.1) is 17.2 Å². The first-order chi connectivity index (χ1) is 12.5. The zero-order valence-electron chi connectivity index (χ0n) is 15.4. The molecule has 3 N–H and O–H groups in total. The first-order valence-corrected chi connectivity index (χ1v) is 9.12. The quantitative estimate of drug-likeness (QED) is 0.651. The van der Waals surface area contributed by atoms with Crippen LogP contribution in [0.1, 0.15) is 51.0 Å². The van der Waals surface area contributed by atoms with Gasteiger partial charge in [-0.3, -0.25) is 4.79 Å². The van der Waals surface area contributed by atoms with Crippen molar-refractivity contribution in [3.8, 4) is 0 Å². The van der Waals surface area contributed by atoms with E-state index in [1.807, 2.05) is 0 Å². The number of nitrogens with zero attached hydrogens (tertiary/aromatic N) is 2. The maximum atomic E-state index is 15.0. The number of rotatable bonds is 5. The van der Waals surface area contributed by atoms with E-state index in [0.29, 0.717) is 0 Å². The molecule has 2 heterocycles. The van der Waals surface area contributed by atoms with Crippen LogP contribution in [0.25, 0.3) is 0 Å². The molecule has 27 heavy (non-hydrogen) atoms. The second kappa shape index (κ2) is 7.98. The summed E-state index contributed by atoms with van der Waals surface area (Å²) in [5.41, 5.74) is -1.50. The number of aliphatic hydroxyl groups is 1. The molecule has 0 radical (unpaired) electrons. The van der Waals surface area contributed by atoms with Gasteiger partial charge >= 0.3 is 12.1 Å².